The van der Waals surface area contributed by atoms with Crippen LogP contribution in [-0.2, 0) is 19.6 Å². The smallest absolute Gasteiger partial charge is 0.240 e. The number of sulfonamides is 1. The van der Waals surface area contributed by atoms with Gasteiger partial charge in [-0.1, -0.05) is 13.8 Å². The highest BCUT2D eigenvalue weighted by Crippen LogP contribution is 2.10. The Hall–Kier alpha value is -0.660. The molecular formula is C11H22N2O4S. The number of morpholine rings is 1. The van der Waals surface area contributed by atoms with Gasteiger partial charge in [-0.15, -0.1) is 0 Å². The topological polar surface area (TPSA) is 75.7 Å². The molecule has 18 heavy (non-hydrogen) atoms. The lowest BCUT2D eigenvalue weighted by Gasteiger charge is -2.31. The third-order valence-corrected chi connectivity index (χ3v) is 3.40. The lowest BCUT2D eigenvalue weighted by molar-refractivity contribution is -0.137. The van der Waals surface area contributed by atoms with E-state index in [1.807, 2.05) is 13.8 Å². The van der Waals surface area contributed by atoms with Crippen LogP contribution in [0.15, 0.2) is 0 Å². The van der Waals surface area contributed by atoms with Crippen LogP contribution in [0.2, 0.25) is 0 Å². The zero-order valence-electron chi connectivity index (χ0n) is 11.2. The predicted molar refractivity (Wildman–Crippen MR) is 68.6 cm³/mol. The second kappa shape index (κ2) is 6.49. The summed E-state index contributed by atoms with van der Waals surface area (Å²) in [5.41, 5.74) is 0. The van der Waals surface area contributed by atoms with Gasteiger partial charge in [0, 0.05) is 13.1 Å². The first-order valence-corrected chi connectivity index (χ1v) is 8.02. The number of nitrogens with zero attached hydrogens (tertiary/aromatic N) is 1. The molecule has 1 unspecified atom stereocenters. The van der Waals surface area contributed by atoms with Crippen molar-refractivity contribution in [1.29, 1.82) is 0 Å². The minimum Gasteiger partial charge on any atom is -0.378 e. The summed E-state index contributed by atoms with van der Waals surface area (Å²) in [6.07, 6.45) is 1.58. The molecule has 0 aromatic carbocycles. The molecule has 106 valence electrons. The van der Waals surface area contributed by atoms with Gasteiger partial charge in [-0.25, -0.2) is 13.1 Å². The minimum absolute atomic E-state index is 0.155. The van der Waals surface area contributed by atoms with Crippen LogP contribution in [0.5, 0.6) is 0 Å². The van der Waals surface area contributed by atoms with E-state index in [1.54, 1.807) is 4.90 Å². The predicted octanol–water partition coefficient (Wildman–Crippen LogP) is -0.191. The lowest BCUT2D eigenvalue weighted by Crippen LogP contribution is -2.51. The van der Waals surface area contributed by atoms with Gasteiger partial charge in [-0.05, 0) is 12.3 Å². The second-order valence-electron chi connectivity index (χ2n) is 5.01. The van der Waals surface area contributed by atoms with Gasteiger partial charge in [0.1, 0.15) is 6.04 Å². The zero-order chi connectivity index (χ0) is 13.8. The Balaban J connectivity index is 2.71. The molecule has 1 aliphatic rings. The Kier molecular flexibility index (Phi) is 5.55. The molecule has 1 amide bonds. The van der Waals surface area contributed by atoms with E-state index in [4.69, 9.17) is 4.74 Å². The molecule has 1 atom stereocenters. The van der Waals surface area contributed by atoms with Crippen molar-refractivity contribution in [1.82, 2.24) is 9.62 Å². The van der Waals surface area contributed by atoms with Crippen molar-refractivity contribution in [2.24, 2.45) is 5.92 Å². The van der Waals surface area contributed by atoms with Crippen molar-refractivity contribution in [3.63, 3.8) is 0 Å². The molecule has 1 heterocycles. The van der Waals surface area contributed by atoms with Crippen molar-refractivity contribution >= 4 is 15.9 Å². The molecule has 0 aromatic heterocycles. The molecule has 0 radical (unpaired) electrons. The SMILES string of the molecule is CC(C)CC(NS(C)(=O)=O)C(=O)N1CCOCC1. The monoisotopic (exact) mass is 278 g/mol. The molecule has 7 heteroatoms. The van der Waals surface area contributed by atoms with Crippen LogP contribution in [0.4, 0.5) is 0 Å². The average molecular weight is 278 g/mol. The molecule has 1 aliphatic heterocycles. The molecule has 1 N–H and O–H groups in total. The number of ether oxygens (including phenoxy) is 1. The van der Waals surface area contributed by atoms with E-state index in [0.717, 1.165) is 6.26 Å². The van der Waals surface area contributed by atoms with E-state index in [9.17, 15) is 13.2 Å². The highest BCUT2D eigenvalue weighted by Gasteiger charge is 2.28. The molecule has 1 saturated heterocycles. The third-order valence-electron chi connectivity index (χ3n) is 2.68. The van der Waals surface area contributed by atoms with Crippen molar-refractivity contribution in [3.05, 3.63) is 0 Å². The van der Waals surface area contributed by atoms with Gasteiger partial charge in [0.15, 0.2) is 0 Å². The maximum atomic E-state index is 12.3. The molecule has 0 bridgehead atoms. The van der Waals surface area contributed by atoms with Gasteiger partial charge in [0.05, 0.1) is 19.5 Å². The first-order valence-electron chi connectivity index (χ1n) is 6.13. The molecule has 1 rings (SSSR count). The molecule has 0 aromatic rings. The first-order chi connectivity index (χ1) is 8.29. The molecule has 6 nitrogen and oxygen atoms in total. The lowest BCUT2D eigenvalue weighted by atomic mass is 10.0. The molecule has 1 fully saturated rings. The quantitative estimate of drug-likeness (QED) is 0.756. The summed E-state index contributed by atoms with van der Waals surface area (Å²) in [4.78, 5) is 13.9. The van der Waals surface area contributed by atoms with E-state index in [0.29, 0.717) is 32.7 Å². The van der Waals surface area contributed by atoms with Gasteiger partial charge in [-0.2, -0.15) is 0 Å². The normalized spacial score (nSPS) is 19.0. The average Bonchev–Trinajstić information content (AvgIpc) is 2.26. The fourth-order valence-electron chi connectivity index (χ4n) is 1.93. The van der Waals surface area contributed by atoms with E-state index in [2.05, 4.69) is 4.72 Å². The Morgan fingerprint density at radius 3 is 2.33 bits per heavy atom. The fourth-order valence-corrected chi connectivity index (χ4v) is 2.65. The summed E-state index contributed by atoms with van der Waals surface area (Å²) in [5.74, 6) is 0.0895. The first kappa shape index (κ1) is 15.4. The summed E-state index contributed by atoms with van der Waals surface area (Å²) in [5, 5.41) is 0. The largest absolute Gasteiger partial charge is 0.378 e. The van der Waals surface area contributed by atoms with Gasteiger partial charge in [-0.3, -0.25) is 4.79 Å². The Bertz CT molecular complexity index is 375. The number of carbonyl (C=O) groups is 1. The third kappa shape index (κ3) is 5.32. The van der Waals surface area contributed by atoms with Crippen LogP contribution in [0.3, 0.4) is 0 Å². The van der Waals surface area contributed by atoms with Crippen LogP contribution in [0, 0.1) is 5.92 Å². The van der Waals surface area contributed by atoms with Crippen molar-refractivity contribution in [2.75, 3.05) is 32.6 Å². The standard InChI is InChI=1S/C11H22N2O4S/c1-9(2)8-10(12-18(3,15)16)11(14)13-4-6-17-7-5-13/h9-10,12H,4-8H2,1-3H3. The molecular weight excluding hydrogens is 256 g/mol. The number of nitrogens with one attached hydrogen (secondary N) is 1. The van der Waals surface area contributed by atoms with E-state index in [-0.39, 0.29) is 11.8 Å². The number of amides is 1. The van der Waals surface area contributed by atoms with Crippen LogP contribution in [-0.4, -0.2) is 57.8 Å². The fraction of sp³-hybridized carbons (Fsp3) is 0.909. The number of rotatable bonds is 5. The Morgan fingerprint density at radius 1 is 1.33 bits per heavy atom. The van der Waals surface area contributed by atoms with Crippen molar-refractivity contribution < 1.29 is 17.9 Å². The molecule has 0 spiro atoms. The minimum atomic E-state index is -3.38. The number of carbonyl (C=O) groups excluding carboxylic acids is 1. The Morgan fingerprint density at radius 2 is 1.89 bits per heavy atom. The van der Waals surface area contributed by atoms with Crippen LogP contribution >= 0.6 is 0 Å². The summed E-state index contributed by atoms with van der Waals surface area (Å²) < 4.78 is 30.2. The summed E-state index contributed by atoms with van der Waals surface area (Å²) >= 11 is 0. The van der Waals surface area contributed by atoms with Crippen molar-refractivity contribution in [3.8, 4) is 0 Å². The highest BCUT2D eigenvalue weighted by molar-refractivity contribution is 7.88. The molecule has 0 aliphatic carbocycles. The number of hydrogen-bond donors (Lipinski definition) is 1. The number of hydrogen-bond acceptors (Lipinski definition) is 4. The summed E-state index contributed by atoms with van der Waals surface area (Å²) in [6, 6.07) is -0.668. The molecule has 0 saturated carbocycles. The van der Waals surface area contributed by atoms with Crippen molar-refractivity contribution in [2.45, 2.75) is 26.3 Å². The zero-order valence-corrected chi connectivity index (χ0v) is 12.0. The van der Waals surface area contributed by atoms with E-state index >= 15 is 0 Å². The van der Waals surface area contributed by atoms with Crippen LogP contribution in [0.25, 0.3) is 0 Å². The van der Waals surface area contributed by atoms with E-state index in [1.165, 1.54) is 0 Å². The van der Waals surface area contributed by atoms with Crippen LogP contribution in [0.1, 0.15) is 20.3 Å². The maximum absolute atomic E-state index is 12.3. The summed E-state index contributed by atoms with van der Waals surface area (Å²) in [7, 11) is -3.38. The van der Waals surface area contributed by atoms with E-state index < -0.39 is 16.1 Å². The Labute approximate surface area is 109 Å². The second-order valence-corrected chi connectivity index (χ2v) is 6.79. The van der Waals surface area contributed by atoms with Crippen LogP contribution < -0.4 is 4.72 Å². The van der Waals surface area contributed by atoms with Gasteiger partial charge in [0.25, 0.3) is 0 Å². The van der Waals surface area contributed by atoms with Gasteiger partial charge < -0.3 is 9.64 Å². The van der Waals surface area contributed by atoms with Gasteiger partial charge in [0.2, 0.25) is 15.9 Å². The summed E-state index contributed by atoms with van der Waals surface area (Å²) in [6.45, 7) is 6.00. The maximum Gasteiger partial charge on any atom is 0.240 e. The highest BCUT2D eigenvalue weighted by atomic mass is 32.2. The van der Waals surface area contributed by atoms with Gasteiger partial charge >= 0.3 is 0 Å².